The van der Waals surface area contributed by atoms with E-state index in [0.29, 0.717) is 33.6 Å². The fourth-order valence-electron chi connectivity index (χ4n) is 3.32. The number of nitrogens with one attached hydrogen (secondary N) is 1. The van der Waals surface area contributed by atoms with Gasteiger partial charge in [0.1, 0.15) is 30.3 Å². The number of para-hydroxylation sites is 1. The zero-order chi connectivity index (χ0) is 24.8. The maximum absolute atomic E-state index is 12.9. The summed E-state index contributed by atoms with van der Waals surface area (Å²) >= 11 is 6.07. The van der Waals surface area contributed by atoms with Crippen LogP contribution in [0.3, 0.4) is 0 Å². The smallest absolute Gasteiger partial charge is 0.331 e. The van der Waals surface area contributed by atoms with E-state index in [1.165, 1.54) is 19.4 Å². The lowest BCUT2D eigenvalue weighted by atomic mass is 10.1. The number of rotatable bonds is 9. The van der Waals surface area contributed by atoms with Gasteiger partial charge < -0.3 is 18.6 Å². The van der Waals surface area contributed by atoms with Crippen LogP contribution in [0.15, 0.2) is 70.9 Å². The Hall–Kier alpha value is -4.24. The number of furan rings is 1. The Balaban J connectivity index is 1.45. The number of hydrogen-bond donors (Lipinski definition) is 1. The van der Waals surface area contributed by atoms with Crippen molar-refractivity contribution in [3.05, 3.63) is 82.8 Å². The predicted molar refractivity (Wildman–Crippen MR) is 126 cm³/mol. The summed E-state index contributed by atoms with van der Waals surface area (Å²) in [6.45, 7) is 0.383. The summed E-state index contributed by atoms with van der Waals surface area (Å²) in [7, 11) is 1.47. The highest BCUT2D eigenvalue weighted by Crippen LogP contribution is 2.30. The highest BCUT2D eigenvalue weighted by atomic mass is 35.5. The molecular weight excluding hydrogens is 476 g/mol. The molecule has 1 fully saturated rings. The summed E-state index contributed by atoms with van der Waals surface area (Å²) in [5, 5.41) is 2.68. The molecule has 1 aliphatic heterocycles. The van der Waals surface area contributed by atoms with Crippen molar-refractivity contribution in [1.82, 2.24) is 10.2 Å². The van der Waals surface area contributed by atoms with Crippen molar-refractivity contribution in [2.45, 2.75) is 6.54 Å². The van der Waals surface area contributed by atoms with Crippen LogP contribution in [0.1, 0.15) is 11.3 Å². The number of benzene rings is 2. The van der Waals surface area contributed by atoms with E-state index < -0.39 is 17.8 Å². The van der Waals surface area contributed by atoms with Crippen molar-refractivity contribution in [3.8, 4) is 17.2 Å². The maximum Gasteiger partial charge on any atom is 0.331 e. The Labute approximate surface area is 205 Å². The van der Waals surface area contributed by atoms with Gasteiger partial charge in [0, 0.05) is 0 Å². The number of carbonyl (C=O) groups excluding carboxylic acids is 3. The van der Waals surface area contributed by atoms with Gasteiger partial charge in [-0.05, 0) is 48.0 Å². The minimum absolute atomic E-state index is 0.103. The molecule has 0 atom stereocenters. The van der Waals surface area contributed by atoms with Gasteiger partial charge in [-0.25, -0.2) is 4.79 Å². The largest absolute Gasteiger partial charge is 0.493 e. The van der Waals surface area contributed by atoms with E-state index in [2.05, 4.69) is 5.32 Å². The molecule has 0 saturated carbocycles. The number of barbiturate groups is 1. The molecule has 1 saturated heterocycles. The summed E-state index contributed by atoms with van der Waals surface area (Å²) in [5.74, 6) is 0.291. The van der Waals surface area contributed by atoms with Crippen molar-refractivity contribution in [2.75, 3.05) is 20.3 Å². The molecule has 2 heterocycles. The van der Waals surface area contributed by atoms with Crippen LogP contribution in [0, 0.1) is 0 Å². The van der Waals surface area contributed by atoms with Crippen molar-refractivity contribution >= 4 is 35.5 Å². The molecule has 35 heavy (non-hydrogen) atoms. The molecule has 1 aromatic heterocycles. The third-order valence-corrected chi connectivity index (χ3v) is 5.33. The summed E-state index contributed by atoms with van der Waals surface area (Å²) in [4.78, 5) is 38.3. The van der Waals surface area contributed by atoms with E-state index in [1.807, 2.05) is 12.1 Å². The van der Waals surface area contributed by atoms with Crippen molar-refractivity contribution < 1.29 is 33.0 Å². The topological polar surface area (TPSA) is 107 Å². The number of amides is 4. The molecule has 0 bridgehead atoms. The summed E-state index contributed by atoms with van der Waals surface area (Å²) in [5.41, 5.74) is 0.312. The maximum atomic E-state index is 12.9. The highest BCUT2D eigenvalue weighted by Gasteiger charge is 2.36. The Morgan fingerprint density at radius 1 is 0.971 bits per heavy atom. The van der Waals surface area contributed by atoms with E-state index in [4.69, 9.17) is 30.2 Å². The van der Waals surface area contributed by atoms with Crippen LogP contribution in [-0.2, 0) is 16.1 Å². The Bertz CT molecular complexity index is 1270. The average Bonchev–Trinajstić information content (AvgIpc) is 3.37. The molecule has 4 amide bonds. The number of carbonyl (C=O) groups is 3. The molecule has 9 nitrogen and oxygen atoms in total. The number of methoxy groups -OCH3 is 1. The van der Waals surface area contributed by atoms with Crippen molar-refractivity contribution in [1.29, 1.82) is 0 Å². The number of urea groups is 1. The fourth-order valence-corrected chi connectivity index (χ4v) is 3.51. The first kappa shape index (κ1) is 23.9. The first-order chi connectivity index (χ1) is 17.0. The standard InChI is InChI=1S/C25H21ClN2O7/c1-32-22-14-16(8-9-21(22)35-12-11-34-20-7-3-2-6-19(20)26)13-18-23(29)27-25(31)28(24(18)30)15-17-5-4-10-33-17/h2-10,13-14H,11-12,15H2,1H3,(H,27,29,31)/b18-13+. The van der Waals surface area contributed by atoms with Gasteiger partial charge in [0.05, 0.1) is 24.9 Å². The third-order valence-electron chi connectivity index (χ3n) is 5.01. The van der Waals surface area contributed by atoms with E-state index in [0.717, 1.165) is 4.90 Å². The molecule has 1 aliphatic rings. The molecule has 180 valence electrons. The highest BCUT2D eigenvalue weighted by molar-refractivity contribution is 6.32. The zero-order valence-corrected chi connectivity index (χ0v) is 19.4. The van der Waals surface area contributed by atoms with Crippen LogP contribution in [-0.4, -0.2) is 43.1 Å². The molecule has 0 aliphatic carbocycles. The van der Waals surface area contributed by atoms with Crippen molar-refractivity contribution in [2.24, 2.45) is 0 Å². The molecular formula is C25H21ClN2O7. The van der Waals surface area contributed by atoms with Crippen LogP contribution in [0.5, 0.6) is 17.2 Å². The normalized spacial score (nSPS) is 14.7. The van der Waals surface area contributed by atoms with Gasteiger partial charge >= 0.3 is 6.03 Å². The van der Waals surface area contributed by atoms with Gasteiger partial charge in [0.2, 0.25) is 0 Å². The number of hydrogen-bond acceptors (Lipinski definition) is 7. The molecule has 10 heteroatoms. The predicted octanol–water partition coefficient (Wildman–Crippen LogP) is 4.06. The summed E-state index contributed by atoms with van der Waals surface area (Å²) < 4.78 is 21.9. The molecule has 0 unspecified atom stereocenters. The number of ether oxygens (including phenoxy) is 3. The minimum Gasteiger partial charge on any atom is -0.493 e. The average molecular weight is 497 g/mol. The molecule has 0 spiro atoms. The van der Waals surface area contributed by atoms with E-state index in [-0.39, 0.29) is 25.3 Å². The van der Waals surface area contributed by atoms with Crippen molar-refractivity contribution in [3.63, 3.8) is 0 Å². The van der Waals surface area contributed by atoms with Crippen LogP contribution >= 0.6 is 11.6 Å². The van der Waals surface area contributed by atoms with E-state index in [9.17, 15) is 14.4 Å². The first-order valence-corrected chi connectivity index (χ1v) is 10.9. The quantitative estimate of drug-likeness (QED) is 0.270. The van der Waals surface area contributed by atoms with Crippen LogP contribution in [0.25, 0.3) is 6.08 Å². The second kappa shape index (κ2) is 10.8. The van der Waals surface area contributed by atoms with Gasteiger partial charge in [0.25, 0.3) is 11.8 Å². The Kier molecular flexibility index (Phi) is 7.37. The molecule has 0 radical (unpaired) electrons. The lowest BCUT2D eigenvalue weighted by Gasteiger charge is -2.25. The van der Waals surface area contributed by atoms with Gasteiger partial charge in [-0.2, -0.15) is 0 Å². The van der Waals surface area contributed by atoms with Crippen LogP contribution < -0.4 is 19.5 Å². The van der Waals surface area contributed by atoms with Gasteiger partial charge in [-0.3, -0.25) is 19.8 Å². The number of halogens is 1. The van der Waals surface area contributed by atoms with Crippen LogP contribution in [0.2, 0.25) is 5.02 Å². The number of imide groups is 2. The fraction of sp³-hybridized carbons (Fsp3) is 0.160. The molecule has 4 rings (SSSR count). The molecule has 2 aromatic carbocycles. The van der Waals surface area contributed by atoms with Gasteiger partial charge in [-0.15, -0.1) is 0 Å². The number of nitrogens with zero attached hydrogens (tertiary/aromatic N) is 1. The van der Waals surface area contributed by atoms with Gasteiger partial charge in [-0.1, -0.05) is 29.8 Å². The third kappa shape index (κ3) is 5.64. The lowest BCUT2D eigenvalue weighted by Crippen LogP contribution is -2.53. The van der Waals surface area contributed by atoms with Gasteiger partial charge in [0.15, 0.2) is 11.5 Å². The summed E-state index contributed by atoms with van der Waals surface area (Å²) in [6, 6.07) is 14.5. The Morgan fingerprint density at radius 3 is 2.46 bits per heavy atom. The Morgan fingerprint density at radius 2 is 1.74 bits per heavy atom. The summed E-state index contributed by atoms with van der Waals surface area (Å²) in [6.07, 6.45) is 2.81. The second-order valence-corrected chi connectivity index (χ2v) is 7.73. The molecule has 3 aromatic rings. The van der Waals surface area contributed by atoms with E-state index >= 15 is 0 Å². The zero-order valence-electron chi connectivity index (χ0n) is 18.7. The monoisotopic (exact) mass is 496 g/mol. The lowest BCUT2D eigenvalue weighted by molar-refractivity contribution is -0.130. The van der Waals surface area contributed by atoms with Crippen LogP contribution in [0.4, 0.5) is 4.79 Å². The second-order valence-electron chi connectivity index (χ2n) is 7.33. The van der Waals surface area contributed by atoms with E-state index in [1.54, 1.807) is 42.5 Å². The SMILES string of the molecule is COc1cc(/C=C2\C(=O)NC(=O)N(Cc3ccco3)C2=O)ccc1OCCOc1ccccc1Cl. The first-order valence-electron chi connectivity index (χ1n) is 10.6. The molecule has 1 N–H and O–H groups in total. The minimum atomic E-state index is -0.811.